The molecule has 0 bridgehead atoms. The van der Waals surface area contributed by atoms with Crippen LogP contribution in [0.25, 0.3) is 10.9 Å². The standard InChI is InChI=1S/C24H26N2O4/c1-28-22-13-17(9-10-21(22)30-16-20-8-4-12-29-20)15-26-23(27)14-19-6-2-5-18-7-3-11-25-24(18)19/h2-3,5-7,9-11,13,20H,4,8,12,14-16H2,1H3,(H,26,27)/t20-/m0/s1. The molecule has 1 N–H and O–H groups in total. The zero-order chi connectivity index (χ0) is 20.8. The van der Waals surface area contributed by atoms with E-state index in [9.17, 15) is 4.79 Å². The number of hydrogen-bond acceptors (Lipinski definition) is 5. The number of carbonyl (C=O) groups is 1. The Balaban J connectivity index is 1.35. The average Bonchev–Trinajstić information content (AvgIpc) is 3.30. The number of nitrogens with zero attached hydrogens (tertiary/aromatic N) is 1. The first-order valence-corrected chi connectivity index (χ1v) is 10.2. The van der Waals surface area contributed by atoms with Gasteiger partial charge < -0.3 is 19.5 Å². The molecule has 1 fully saturated rings. The zero-order valence-electron chi connectivity index (χ0n) is 17.1. The molecule has 4 rings (SSSR count). The topological polar surface area (TPSA) is 69.7 Å². The van der Waals surface area contributed by atoms with Crippen LogP contribution < -0.4 is 14.8 Å². The van der Waals surface area contributed by atoms with Crippen LogP contribution in [-0.4, -0.2) is 37.3 Å². The monoisotopic (exact) mass is 406 g/mol. The Morgan fingerprint density at radius 2 is 2.10 bits per heavy atom. The van der Waals surface area contributed by atoms with E-state index >= 15 is 0 Å². The summed E-state index contributed by atoms with van der Waals surface area (Å²) in [4.78, 5) is 16.9. The Morgan fingerprint density at radius 1 is 1.20 bits per heavy atom. The molecule has 0 aliphatic carbocycles. The molecule has 0 saturated carbocycles. The molecule has 6 nitrogen and oxygen atoms in total. The number of aromatic nitrogens is 1. The second-order valence-electron chi connectivity index (χ2n) is 7.38. The zero-order valence-corrected chi connectivity index (χ0v) is 17.1. The molecular formula is C24H26N2O4. The summed E-state index contributed by atoms with van der Waals surface area (Å²) in [7, 11) is 1.62. The van der Waals surface area contributed by atoms with Crippen LogP contribution in [0.3, 0.4) is 0 Å². The Bertz CT molecular complexity index is 1010. The number of rotatable bonds is 8. The predicted octanol–water partition coefficient (Wildman–Crippen LogP) is 3.66. The summed E-state index contributed by atoms with van der Waals surface area (Å²) in [6.07, 6.45) is 4.29. The van der Waals surface area contributed by atoms with E-state index in [4.69, 9.17) is 14.2 Å². The fraction of sp³-hybridized carbons (Fsp3) is 0.333. The molecule has 156 valence electrons. The van der Waals surface area contributed by atoms with Gasteiger partial charge in [-0.25, -0.2) is 0 Å². The molecule has 2 aromatic carbocycles. The molecular weight excluding hydrogens is 380 g/mol. The lowest BCUT2D eigenvalue weighted by molar-refractivity contribution is -0.120. The molecule has 1 aliphatic heterocycles. The molecule has 3 aromatic rings. The van der Waals surface area contributed by atoms with Crippen LogP contribution in [0.1, 0.15) is 24.0 Å². The lowest BCUT2D eigenvalue weighted by Crippen LogP contribution is -2.24. The van der Waals surface area contributed by atoms with Crippen LogP contribution >= 0.6 is 0 Å². The minimum absolute atomic E-state index is 0.0502. The van der Waals surface area contributed by atoms with Crippen LogP contribution in [0.15, 0.2) is 54.7 Å². The first kappa shape index (κ1) is 20.2. The van der Waals surface area contributed by atoms with Crippen LogP contribution in [-0.2, 0) is 22.5 Å². The fourth-order valence-electron chi connectivity index (χ4n) is 3.65. The number of benzene rings is 2. The third-order valence-electron chi connectivity index (χ3n) is 5.23. The van der Waals surface area contributed by atoms with Crippen molar-refractivity contribution in [3.05, 3.63) is 65.9 Å². The van der Waals surface area contributed by atoms with Crippen molar-refractivity contribution < 1.29 is 19.0 Å². The summed E-state index contributed by atoms with van der Waals surface area (Å²) >= 11 is 0. The van der Waals surface area contributed by atoms with Crippen molar-refractivity contribution >= 4 is 16.8 Å². The summed E-state index contributed by atoms with van der Waals surface area (Å²) in [6, 6.07) is 15.5. The van der Waals surface area contributed by atoms with Crippen molar-refractivity contribution in [2.24, 2.45) is 0 Å². The summed E-state index contributed by atoms with van der Waals surface area (Å²) < 4.78 is 16.9. The summed E-state index contributed by atoms with van der Waals surface area (Å²) in [5.74, 6) is 1.29. The average molecular weight is 406 g/mol. The Morgan fingerprint density at radius 3 is 2.93 bits per heavy atom. The van der Waals surface area contributed by atoms with Gasteiger partial charge >= 0.3 is 0 Å². The van der Waals surface area contributed by atoms with E-state index in [0.717, 1.165) is 41.5 Å². The van der Waals surface area contributed by atoms with E-state index in [1.165, 1.54) is 0 Å². The normalized spacial score (nSPS) is 15.8. The molecule has 1 amide bonds. The second kappa shape index (κ2) is 9.59. The van der Waals surface area contributed by atoms with E-state index < -0.39 is 0 Å². The number of ether oxygens (including phenoxy) is 3. The molecule has 0 radical (unpaired) electrons. The lowest BCUT2D eigenvalue weighted by Gasteiger charge is -2.15. The quantitative estimate of drug-likeness (QED) is 0.618. The summed E-state index contributed by atoms with van der Waals surface area (Å²) in [6.45, 7) is 1.74. The van der Waals surface area contributed by atoms with Gasteiger partial charge in [-0.05, 0) is 42.2 Å². The van der Waals surface area contributed by atoms with Gasteiger partial charge in [0, 0.05) is 24.7 Å². The molecule has 1 aromatic heterocycles. The second-order valence-corrected chi connectivity index (χ2v) is 7.38. The molecule has 1 atom stereocenters. The van der Waals surface area contributed by atoms with Gasteiger partial charge in [-0.1, -0.05) is 30.3 Å². The van der Waals surface area contributed by atoms with Crippen molar-refractivity contribution in [2.45, 2.75) is 31.9 Å². The minimum Gasteiger partial charge on any atom is -0.493 e. The maximum atomic E-state index is 12.5. The number of amides is 1. The van der Waals surface area contributed by atoms with Crippen molar-refractivity contribution in [1.82, 2.24) is 10.3 Å². The van der Waals surface area contributed by atoms with Crippen LogP contribution in [0.5, 0.6) is 11.5 Å². The highest BCUT2D eigenvalue weighted by molar-refractivity contribution is 5.87. The van der Waals surface area contributed by atoms with Gasteiger partial charge in [0.15, 0.2) is 11.5 Å². The first-order valence-electron chi connectivity index (χ1n) is 10.2. The highest BCUT2D eigenvalue weighted by Crippen LogP contribution is 2.29. The smallest absolute Gasteiger partial charge is 0.224 e. The van der Waals surface area contributed by atoms with Crippen LogP contribution in [0.2, 0.25) is 0 Å². The van der Waals surface area contributed by atoms with Gasteiger partial charge in [0.25, 0.3) is 0 Å². The van der Waals surface area contributed by atoms with Crippen molar-refractivity contribution in [3.63, 3.8) is 0 Å². The largest absolute Gasteiger partial charge is 0.493 e. The molecule has 0 unspecified atom stereocenters. The maximum Gasteiger partial charge on any atom is 0.224 e. The van der Waals surface area contributed by atoms with Gasteiger partial charge in [0.1, 0.15) is 6.61 Å². The van der Waals surface area contributed by atoms with Crippen molar-refractivity contribution in [1.29, 1.82) is 0 Å². The van der Waals surface area contributed by atoms with Gasteiger partial charge in [-0.2, -0.15) is 0 Å². The number of methoxy groups -OCH3 is 1. The van der Waals surface area contributed by atoms with Crippen molar-refractivity contribution in [2.75, 3.05) is 20.3 Å². The van der Waals surface area contributed by atoms with E-state index in [2.05, 4.69) is 10.3 Å². The molecule has 1 aliphatic rings. The summed E-state index contributed by atoms with van der Waals surface area (Å²) in [5.41, 5.74) is 2.73. The molecule has 1 saturated heterocycles. The highest BCUT2D eigenvalue weighted by Gasteiger charge is 2.17. The number of fused-ring (bicyclic) bond motifs is 1. The molecule has 0 spiro atoms. The highest BCUT2D eigenvalue weighted by atomic mass is 16.5. The summed E-state index contributed by atoms with van der Waals surface area (Å²) in [5, 5.41) is 4.01. The van der Waals surface area contributed by atoms with Gasteiger partial charge in [0.2, 0.25) is 5.91 Å². The predicted molar refractivity (Wildman–Crippen MR) is 115 cm³/mol. The first-order chi connectivity index (χ1) is 14.7. The third kappa shape index (κ3) is 4.89. The Kier molecular flexibility index (Phi) is 6.44. The van der Waals surface area contributed by atoms with E-state index in [1.54, 1.807) is 13.3 Å². The Hall–Kier alpha value is -3.12. The van der Waals surface area contributed by atoms with Gasteiger partial charge in [-0.15, -0.1) is 0 Å². The van der Waals surface area contributed by atoms with E-state index in [0.29, 0.717) is 24.7 Å². The van der Waals surface area contributed by atoms with Gasteiger partial charge in [0.05, 0.1) is 25.2 Å². The van der Waals surface area contributed by atoms with Crippen LogP contribution in [0.4, 0.5) is 0 Å². The van der Waals surface area contributed by atoms with Crippen molar-refractivity contribution in [3.8, 4) is 11.5 Å². The Labute approximate surface area is 176 Å². The maximum absolute atomic E-state index is 12.5. The van der Waals surface area contributed by atoms with E-state index in [1.807, 2.05) is 48.5 Å². The minimum atomic E-state index is -0.0502. The van der Waals surface area contributed by atoms with E-state index in [-0.39, 0.29) is 18.4 Å². The number of nitrogens with one attached hydrogen (secondary N) is 1. The number of carbonyl (C=O) groups excluding carboxylic acids is 1. The molecule has 30 heavy (non-hydrogen) atoms. The van der Waals surface area contributed by atoms with Crippen LogP contribution in [0, 0.1) is 0 Å². The molecule has 6 heteroatoms. The lowest BCUT2D eigenvalue weighted by atomic mass is 10.1. The number of para-hydroxylation sites is 1. The SMILES string of the molecule is COc1cc(CNC(=O)Cc2cccc3cccnc23)ccc1OC[C@@H]1CCCO1. The molecule has 2 heterocycles. The fourth-order valence-corrected chi connectivity index (χ4v) is 3.65. The van der Waals surface area contributed by atoms with Gasteiger partial charge in [-0.3, -0.25) is 9.78 Å². The number of hydrogen-bond donors (Lipinski definition) is 1. The number of pyridine rings is 1. The third-order valence-corrected chi connectivity index (χ3v) is 5.23.